The zero-order chi connectivity index (χ0) is 15.5. The highest BCUT2D eigenvalue weighted by Gasteiger charge is 2.29. The van der Waals surface area contributed by atoms with Crippen LogP contribution in [0.2, 0.25) is 0 Å². The fraction of sp³-hybridized carbons (Fsp3) is 1.00. The van der Waals surface area contributed by atoms with Gasteiger partial charge in [-0.25, -0.2) is 0 Å². The van der Waals surface area contributed by atoms with Gasteiger partial charge in [-0.2, -0.15) is 0 Å². The van der Waals surface area contributed by atoms with E-state index in [9.17, 15) is 9.79 Å². The fourth-order valence-corrected chi connectivity index (χ4v) is 3.83. The molecule has 0 aromatic heterocycles. The summed E-state index contributed by atoms with van der Waals surface area (Å²) in [5.41, 5.74) is -0.473. The lowest BCUT2D eigenvalue weighted by Gasteiger charge is -2.31. The van der Waals surface area contributed by atoms with Crippen LogP contribution in [0, 0.1) is 0 Å². The van der Waals surface area contributed by atoms with Crippen LogP contribution < -0.4 is 0 Å². The molecule has 2 N–H and O–H groups in total. The molecule has 0 amide bonds. The number of hydrogen-bond donors (Lipinski definition) is 2. The molecule has 0 spiro atoms. The van der Waals surface area contributed by atoms with Gasteiger partial charge in [-0.05, 0) is 31.6 Å². The Bertz CT molecular complexity index is 280. The molecule has 1 unspecified atom stereocenters. The van der Waals surface area contributed by atoms with Crippen LogP contribution in [0.25, 0.3) is 0 Å². The Balaban J connectivity index is 4.20. The van der Waals surface area contributed by atoms with Crippen molar-refractivity contribution in [2.75, 3.05) is 0 Å². The van der Waals surface area contributed by atoms with Crippen LogP contribution in [0.1, 0.15) is 91.4 Å². The lowest BCUT2D eigenvalue weighted by molar-refractivity contribution is 0.0485. The first-order valence-corrected chi connectivity index (χ1v) is 10.7. The lowest BCUT2D eigenvalue weighted by Crippen LogP contribution is -2.27. The molecule has 20 heavy (non-hydrogen) atoms. The highest BCUT2D eigenvalue weighted by atomic mass is 32.5. The third kappa shape index (κ3) is 12.3. The molecule has 0 aliphatic rings. The molecule has 0 rings (SSSR count). The maximum atomic E-state index is 9.46. The zero-order valence-electron chi connectivity index (χ0n) is 13.4. The zero-order valence-corrected chi connectivity index (χ0v) is 15.1. The van der Waals surface area contributed by atoms with Crippen LogP contribution in [-0.4, -0.2) is 15.4 Å². The molecule has 5 heteroatoms. The highest BCUT2D eigenvalue weighted by molar-refractivity contribution is 8.06. The molecule has 0 aliphatic heterocycles. The predicted octanol–water partition coefficient (Wildman–Crippen LogP) is 5.30. The van der Waals surface area contributed by atoms with E-state index < -0.39 is 12.3 Å². The molecule has 0 aliphatic carbocycles. The summed E-state index contributed by atoms with van der Waals surface area (Å²) >= 11 is 4.66. The number of unbranched alkanes of at least 4 members (excludes halogenated alkanes) is 7. The van der Waals surface area contributed by atoms with Gasteiger partial charge in [0.15, 0.2) is 0 Å². The van der Waals surface area contributed by atoms with Crippen molar-refractivity contribution >= 4 is 18.5 Å². The Labute approximate surface area is 130 Å². The van der Waals surface area contributed by atoms with Gasteiger partial charge in [0.2, 0.25) is 0 Å². The van der Waals surface area contributed by atoms with Crippen LogP contribution in [-0.2, 0) is 16.3 Å². The maximum Gasteiger partial charge on any atom is 0.322 e. The Morgan fingerprint density at radius 1 is 0.850 bits per heavy atom. The molecule has 0 saturated heterocycles. The van der Waals surface area contributed by atoms with Crippen LogP contribution in [0.3, 0.4) is 0 Å². The predicted molar refractivity (Wildman–Crippen MR) is 90.3 cm³/mol. The summed E-state index contributed by atoms with van der Waals surface area (Å²) in [5.74, 6) is 0. The summed E-state index contributed by atoms with van der Waals surface area (Å²) in [5, 5.41) is 0. The van der Waals surface area contributed by atoms with Gasteiger partial charge >= 0.3 is 6.72 Å². The van der Waals surface area contributed by atoms with E-state index >= 15 is 0 Å². The van der Waals surface area contributed by atoms with Gasteiger partial charge in [0.1, 0.15) is 0 Å². The minimum Gasteiger partial charge on any atom is -0.325 e. The molecular formula is C15H33O3PS. The molecule has 0 saturated carbocycles. The Hall–Kier alpha value is 0.530. The second-order valence-corrected chi connectivity index (χ2v) is 8.60. The van der Waals surface area contributed by atoms with Crippen molar-refractivity contribution in [3.05, 3.63) is 0 Å². The summed E-state index contributed by atoms with van der Waals surface area (Å²) in [6.07, 6.45) is 12.4. The topological polar surface area (TPSA) is 49.7 Å². The standard InChI is InChI=1S/C15H33O3PS/c1-4-6-8-10-12-14-15(3,18-19(16,17)20)13-11-9-7-5-2/h4-14H2,1-3H3,(H2,16,17,20). The van der Waals surface area contributed by atoms with Crippen LogP contribution in [0.15, 0.2) is 0 Å². The molecule has 0 aromatic carbocycles. The second kappa shape index (κ2) is 11.1. The van der Waals surface area contributed by atoms with Crippen molar-refractivity contribution in [1.29, 1.82) is 0 Å². The summed E-state index contributed by atoms with van der Waals surface area (Å²) in [6.45, 7) is 2.80. The van der Waals surface area contributed by atoms with Crippen LogP contribution in [0.4, 0.5) is 0 Å². The largest absolute Gasteiger partial charge is 0.325 e. The van der Waals surface area contributed by atoms with Crippen molar-refractivity contribution in [3.63, 3.8) is 0 Å². The van der Waals surface area contributed by atoms with Gasteiger partial charge in [-0.15, -0.1) is 0 Å². The fourth-order valence-electron chi connectivity index (χ4n) is 2.53. The first kappa shape index (κ1) is 20.5. The summed E-state index contributed by atoms with van der Waals surface area (Å²) < 4.78 is 5.45. The van der Waals surface area contributed by atoms with Gasteiger partial charge in [-0.3, -0.25) is 0 Å². The molecule has 1 atom stereocenters. The molecule has 0 aromatic rings. The molecule has 0 heterocycles. The molecule has 0 radical (unpaired) electrons. The minimum absolute atomic E-state index is 0.473. The van der Waals surface area contributed by atoms with E-state index in [0.29, 0.717) is 0 Å². The van der Waals surface area contributed by atoms with E-state index in [1.807, 2.05) is 6.92 Å². The third-order valence-electron chi connectivity index (χ3n) is 3.71. The van der Waals surface area contributed by atoms with Gasteiger partial charge in [-0.1, -0.05) is 71.6 Å². The van der Waals surface area contributed by atoms with Crippen LogP contribution >= 0.6 is 6.72 Å². The second-order valence-electron chi connectivity index (χ2n) is 6.01. The van der Waals surface area contributed by atoms with E-state index in [1.54, 1.807) is 0 Å². The maximum absolute atomic E-state index is 9.46. The van der Waals surface area contributed by atoms with E-state index in [0.717, 1.165) is 25.7 Å². The van der Waals surface area contributed by atoms with Gasteiger partial charge in [0, 0.05) is 0 Å². The quantitative estimate of drug-likeness (QED) is 0.356. The highest BCUT2D eigenvalue weighted by Crippen LogP contribution is 2.45. The lowest BCUT2D eigenvalue weighted by atomic mass is 9.92. The van der Waals surface area contributed by atoms with Crippen molar-refractivity contribution in [2.45, 2.75) is 97.0 Å². The van der Waals surface area contributed by atoms with Gasteiger partial charge in [0.25, 0.3) is 0 Å². The first-order chi connectivity index (χ1) is 9.33. The van der Waals surface area contributed by atoms with Crippen molar-refractivity contribution in [1.82, 2.24) is 0 Å². The van der Waals surface area contributed by atoms with E-state index in [4.69, 9.17) is 4.52 Å². The number of hydrogen-bond acceptors (Lipinski definition) is 2. The Kier molecular flexibility index (Phi) is 11.4. The number of rotatable bonds is 13. The molecule has 3 nitrogen and oxygen atoms in total. The van der Waals surface area contributed by atoms with Crippen LogP contribution in [0.5, 0.6) is 0 Å². The molecule has 0 bridgehead atoms. The van der Waals surface area contributed by atoms with E-state index in [-0.39, 0.29) is 0 Å². The van der Waals surface area contributed by atoms with E-state index in [2.05, 4.69) is 25.7 Å². The van der Waals surface area contributed by atoms with Crippen molar-refractivity contribution < 1.29 is 14.3 Å². The average Bonchev–Trinajstić information content (AvgIpc) is 2.32. The SMILES string of the molecule is CCCCCCCC(C)(CCCCCC)OP(O)(O)=S. The molecule has 122 valence electrons. The Morgan fingerprint density at radius 3 is 1.65 bits per heavy atom. The normalized spacial score (nSPS) is 15.2. The Morgan fingerprint density at radius 2 is 1.25 bits per heavy atom. The molecule has 0 fully saturated rings. The monoisotopic (exact) mass is 324 g/mol. The molecular weight excluding hydrogens is 291 g/mol. The van der Waals surface area contributed by atoms with Crippen molar-refractivity contribution in [2.24, 2.45) is 0 Å². The van der Waals surface area contributed by atoms with E-state index in [1.165, 1.54) is 44.9 Å². The van der Waals surface area contributed by atoms with Gasteiger partial charge < -0.3 is 14.3 Å². The average molecular weight is 324 g/mol. The minimum atomic E-state index is -3.57. The summed E-state index contributed by atoms with van der Waals surface area (Å²) in [7, 11) is 0. The smallest absolute Gasteiger partial charge is 0.322 e. The van der Waals surface area contributed by atoms with Crippen molar-refractivity contribution in [3.8, 4) is 0 Å². The van der Waals surface area contributed by atoms with Gasteiger partial charge in [0.05, 0.1) is 5.60 Å². The third-order valence-corrected chi connectivity index (χ3v) is 4.61. The first-order valence-electron chi connectivity index (χ1n) is 8.09. The summed E-state index contributed by atoms with van der Waals surface area (Å²) in [4.78, 5) is 18.9. The summed E-state index contributed by atoms with van der Waals surface area (Å²) in [6, 6.07) is 0.